The van der Waals surface area contributed by atoms with Gasteiger partial charge in [0, 0.05) is 29.9 Å². The standard InChI is InChI=1S/C23H28N6O2/c1-6-31-23-24-8-7-21(27-23)16(3)11-19-13-25-22(12-15(19)2)26-17(4)20-14-29(9-10-30)28-18(20)5/h7-8,11-14,30H,4,6,9-10H2,1-3,5H3,(H,25,26)/b16-11+. The molecule has 0 spiro atoms. The topological polar surface area (TPSA) is 98.0 Å². The minimum absolute atomic E-state index is 0.0393. The van der Waals surface area contributed by atoms with Crippen molar-refractivity contribution in [1.29, 1.82) is 0 Å². The minimum Gasteiger partial charge on any atom is -0.464 e. The average Bonchev–Trinajstić information content (AvgIpc) is 3.11. The Bertz CT molecular complexity index is 1100. The molecule has 0 fully saturated rings. The van der Waals surface area contributed by atoms with Crippen LogP contribution in [0.25, 0.3) is 17.3 Å². The summed E-state index contributed by atoms with van der Waals surface area (Å²) >= 11 is 0. The lowest BCUT2D eigenvalue weighted by molar-refractivity contribution is 0.269. The number of ether oxygens (including phenoxy) is 1. The van der Waals surface area contributed by atoms with Gasteiger partial charge in [-0.1, -0.05) is 6.58 Å². The van der Waals surface area contributed by atoms with E-state index in [1.807, 2.05) is 58.3 Å². The van der Waals surface area contributed by atoms with Crippen molar-refractivity contribution in [3.63, 3.8) is 0 Å². The van der Waals surface area contributed by atoms with Crippen LogP contribution in [0.1, 0.15) is 41.9 Å². The number of aryl methyl sites for hydroxylation is 2. The van der Waals surface area contributed by atoms with E-state index in [0.29, 0.717) is 30.7 Å². The van der Waals surface area contributed by atoms with Crippen molar-refractivity contribution < 1.29 is 9.84 Å². The Hall–Kier alpha value is -3.52. The molecule has 3 heterocycles. The van der Waals surface area contributed by atoms with Crippen molar-refractivity contribution in [2.45, 2.75) is 34.2 Å². The lowest BCUT2D eigenvalue weighted by atomic mass is 10.1. The maximum atomic E-state index is 9.10. The lowest BCUT2D eigenvalue weighted by Gasteiger charge is -2.10. The summed E-state index contributed by atoms with van der Waals surface area (Å²) in [6.07, 6.45) is 7.43. The zero-order valence-corrected chi connectivity index (χ0v) is 18.4. The molecule has 0 unspecified atom stereocenters. The number of rotatable bonds is 9. The number of allylic oxidation sites excluding steroid dienone is 1. The predicted molar refractivity (Wildman–Crippen MR) is 122 cm³/mol. The first-order chi connectivity index (χ1) is 14.9. The smallest absolute Gasteiger partial charge is 0.316 e. The summed E-state index contributed by atoms with van der Waals surface area (Å²) < 4.78 is 7.09. The Morgan fingerprint density at radius 2 is 2.13 bits per heavy atom. The van der Waals surface area contributed by atoms with Crippen molar-refractivity contribution >= 4 is 23.2 Å². The molecule has 0 saturated carbocycles. The molecule has 3 rings (SSSR count). The van der Waals surface area contributed by atoms with Crippen LogP contribution >= 0.6 is 0 Å². The Balaban J connectivity index is 1.76. The second-order valence-electron chi connectivity index (χ2n) is 7.13. The van der Waals surface area contributed by atoms with Crippen LogP contribution in [-0.2, 0) is 6.54 Å². The number of hydrogen-bond donors (Lipinski definition) is 2. The predicted octanol–water partition coefficient (Wildman–Crippen LogP) is 3.72. The molecule has 0 bridgehead atoms. The molecule has 0 aromatic carbocycles. The number of nitrogens with one attached hydrogen (secondary N) is 1. The first-order valence-electron chi connectivity index (χ1n) is 10.1. The molecule has 0 atom stereocenters. The van der Waals surface area contributed by atoms with E-state index in [2.05, 4.69) is 31.9 Å². The zero-order chi connectivity index (χ0) is 22.4. The third-order valence-electron chi connectivity index (χ3n) is 4.71. The summed E-state index contributed by atoms with van der Waals surface area (Å²) in [7, 11) is 0. The van der Waals surface area contributed by atoms with Crippen LogP contribution in [0.4, 0.5) is 5.82 Å². The molecule has 8 heteroatoms. The fourth-order valence-electron chi connectivity index (χ4n) is 3.11. The van der Waals surface area contributed by atoms with Gasteiger partial charge in [-0.05, 0) is 62.6 Å². The highest BCUT2D eigenvalue weighted by molar-refractivity contribution is 5.80. The molecular formula is C23H28N6O2. The van der Waals surface area contributed by atoms with E-state index < -0.39 is 0 Å². The average molecular weight is 421 g/mol. The fraction of sp³-hybridized carbons (Fsp3) is 0.304. The monoisotopic (exact) mass is 420 g/mol. The number of pyridine rings is 1. The number of hydrogen-bond acceptors (Lipinski definition) is 7. The van der Waals surface area contributed by atoms with E-state index in [1.165, 1.54) is 0 Å². The van der Waals surface area contributed by atoms with Crippen LogP contribution in [0.2, 0.25) is 0 Å². The van der Waals surface area contributed by atoms with Gasteiger partial charge in [0.15, 0.2) is 0 Å². The minimum atomic E-state index is 0.0393. The van der Waals surface area contributed by atoms with Gasteiger partial charge in [-0.2, -0.15) is 10.1 Å². The third-order valence-corrected chi connectivity index (χ3v) is 4.71. The van der Waals surface area contributed by atoms with E-state index in [-0.39, 0.29) is 6.61 Å². The Morgan fingerprint density at radius 1 is 1.32 bits per heavy atom. The highest BCUT2D eigenvalue weighted by atomic mass is 16.5. The molecule has 2 N–H and O–H groups in total. The van der Waals surface area contributed by atoms with Gasteiger partial charge in [0.2, 0.25) is 0 Å². The van der Waals surface area contributed by atoms with Crippen molar-refractivity contribution in [3.05, 3.63) is 65.4 Å². The van der Waals surface area contributed by atoms with Crippen LogP contribution in [-0.4, -0.2) is 43.1 Å². The largest absolute Gasteiger partial charge is 0.464 e. The van der Waals surface area contributed by atoms with Crippen molar-refractivity contribution in [3.8, 4) is 6.01 Å². The highest BCUT2D eigenvalue weighted by Crippen LogP contribution is 2.23. The first kappa shape index (κ1) is 22.2. The highest BCUT2D eigenvalue weighted by Gasteiger charge is 2.10. The Labute approximate surface area is 182 Å². The zero-order valence-electron chi connectivity index (χ0n) is 18.4. The Morgan fingerprint density at radius 3 is 2.84 bits per heavy atom. The Kier molecular flexibility index (Phi) is 7.15. The second-order valence-corrected chi connectivity index (χ2v) is 7.13. The molecule has 3 aromatic heterocycles. The van der Waals surface area contributed by atoms with E-state index in [4.69, 9.17) is 9.84 Å². The van der Waals surface area contributed by atoms with Crippen LogP contribution in [0.5, 0.6) is 6.01 Å². The van der Waals surface area contributed by atoms with Crippen LogP contribution in [0.15, 0.2) is 37.3 Å². The fourth-order valence-corrected chi connectivity index (χ4v) is 3.11. The van der Waals surface area contributed by atoms with Gasteiger partial charge in [0.05, 0.1) is 31.1 Å². The van der Waals surface area contributed by atoms with E-state index in [9.17, 15) is 0 Å². The quantitative estimate of drug-likeness (QED) is 0.544. The molecule has 162 valence electrons. The van der Waals surface area contributed by atoms with Gasteiger partial charge in [-0.3, -0.25) is 4.68 Å². The SMILES string of the molecule is C=C(Nc1cc(C)c(/C=C(\C)c2ccnc(OCC)n2)cn1)c1cn(CCO)nc1C. The summed E-state index contributed by atoms with van der Waals surface area (Å²) in [5.74, 6) is 0.701. The van der Waals surface area contributed by atoms with Gasteiger partial charge >= 0.3 is 6.01 Å². The number of aliphatic hydroxyl groups excluding tert-OH is 1. The van der Waals surface area contributed by atoms with E-state index >= 15 is 0 Å². The molecule has 0 radical (unpaired) electrons. The van der Waals surface area contributed by atoms with Gasteiger partial charge in [0.25, 0.3) is 0 Å². The maximum absolute atomic E-state index is 9.10. The number of nitrogens with zero attached hydrogens (tertiary/aromatic N) is 5. The molecule has 31 heavy (non-hydrogen) atoms. The summed E-state index contributed by atoms with van der Waals surface area (Å²) in [5, 5.41) is 16.7. The maximum Gasteiger partial charge on any atom is 0.316 e. The van der Waals surface area contributed by atoms with Gasteiger partial charge in [-0.15, -0.1) is 0 Å². The molecule has 8 nitrogen and oxygen atoms in total. The van der Waals surface area contributed by atoms with Crippen molar-refractivity contribution in [2.24, 2.45) is 0 Å². The van der Waals surface area contributed by atoms with E-state index in [1.54, 1.807) is 10.9 Å². The molecular weight excluding hydrogens is 392 g/mol. The summed E-state index contributed by atoms with van der Waals surface area (Å²) in [5.41, 5.74) is 6.30. The molecule has 0 amide bonds. The first-order valence-corrected chi connectivity index (χ1v) is 10.1. The number of aromatic nitrogens is 5. The van der Waals surface area contributed by atoms with Crippen LogP contribution in [0, 0.1) is 13.8 Å². The normalized spacial score (nSPS) is 11.5. The molecule has 0 aliphatic heterocycles. The molecule has 3 aromatic rings. The summed E-state index contributed by atoms with van der Waals surface area (Å²) in [4.78, 5) is 13.1. The van der Waals surface area contributed by atoms with Crippen LogP contribution in [0.3, 0.4) is 0 Å². The second kappa shape index (κ2) is 9.99. The number of anilines is 1. The molecule has 0 aliphatic rings. The van der Waals surface area contributed by atoms with Crippen molar-refractivity contribution in [1.82, 2.24) is 24.7 Å². The van der Waals surface area contributed by atoms with Gasteiger partial charge in [-0.25, -0.2) is 9.97 Å². The third kappa shape index (κ3) is 5.55. The number of aliphatic hydroxyl groups is 1. The van der Waals surface area contributed by atoms with Gasteiger partial charge < -0.3 is 15.2 Å². The molecule has 0 aliphatic carbocycles. The molecule has 0 saturated heterocycles. The van der Waals surface area contributed by atoms with Crippen molar-refractivity contribution in [2.75, 3.05) is 18.5 Å². The van der Waals surface area contributed by atoms with Gasteiger partial charge in [0.1, 0.15) is 5.82 Å². The summed E-state index contributed by atoms with van der Waals surface area (Å²) in [6, 6.07) is 4.21. The van der Waals surface area contributed by atoms with Crippen LogP contribution < -0.4 is 10.1 Å². The lowest BCUT2D eigenvalue weighted by Crippen LogP contribution is -2.02. The van der Waals surface area contributed by atoms with E-state index in [0.717, 1.165) is 33.7 Å². The summed E-state index contributed by atoms with van der Waals surface area (Å²) in [6.45, 7) is 13.0.